The maximum Gasteiger partial charge on any atom is 0.246 e. The molecule has 5 nitrogen and oxygen atoms in total. The van der Waals surface area contributed by atoms with Crippen LogP contribution in [0.2, 0.25) is 0 Å². The van der Waals surface area contributed by atoms with Gasteiger partial charge in [-0.2, -0.15) is 4.98 Å². The number of hydrogen-bond acceptors (Lipinski definition) is 5. The molecule has 0 amide bonds. The first kappa shape index (κ1) is 12.2. The molecule has 17 heavy (non-hydrogen) atoms. The van der Waals surface area contributed by atoms with Crippen LogP contribution in [0.5, 0.6) is 0 Å². The number of halogens is 1. The van der Waals surface area contributed by atoms with Crippen molar-refractivity contribution in [2.24, 2.45) is 5.73 Å². The summed E-state index contributed by atoms with van der Waals surface area (Å²) in [4.78, 5) is 8.49. The summed E-state index contributed by atoms with van der Waals surface area (Å²) in [5, 5.41) is 3.90. The molecule has 2 aromatic heterocycles. The van der Waals surface area contributed by atoms with E-state index in [2.05, 4.69) is 31.1 Å². The molecule has 0 aliphatic heterocycles. The van der Waals surface area contributed by atoms with Gasteiger partial charge in [0.25, 0.3) is 0 Å². The molecule has 0 aliphatic rings. The first-order valence-electron chi connectivity index (χ1n) is 5.28. The summed E-state index contributed by atoms with van der Waals surface area (Å²) in [7, 11) is 0. The van der Waals surface area contributed by atoms with Crippen molar-refractivity contribution < 1.29 is 4.52 Å². The van der Waals surface area contributed by atoms with E-state index in [1.165, 1.54) is 0 Å². The van der Waals surface area contributed by atoms with Crippen LogP contribution in [0.4, 0.5) is 0 Å². The van der Waals surface area contributed by atoms with Crippen molar-refractivity contribution in [3.8, 4) is 11.5 Å². The largest absolute Gasteiger partial charge is 0.337 e. The average Bonchev–Trinajstić information content (AvgIpc) is 2.79. The molecule has 0 saturated heterocycles. The second-order valence-corrected chi connectivity index (χ2v) is 4.88. The van der Waals surface area contributed by atoms with Gasteiger partial charge in [0.1, 0.15) is 5.69 Å². The highest BCUT2D eigenvalue weighted by atomic mass is 79.9. The molecule has 1 atom stereocenters. The Labute approximate surface area is 108 Å². The molecule has 6 heteroatoms. The Morgan fingerprint density at radius 3 is 2.94 bits per heavy atom. The maximum atomic E-state index is 6.04. The van der Waals surface area contributed by atoms with Crippen LogP contribution in [-0.4, -0.2) is 15.1 Å². The van der Waals surface area contributed by atoms with Gasteiger partial charge < -0.3 is 10.3 Å². The molecular weight excluding hydrogens is 284 g/mol. The quantitative estimate of drug-likeness (QED) is 0.941. The van der Waals surface area contributed by atoms with E-state index in [9.17, 15) is 0 Å². The summed E-state index contributed by atoms with van der Waals surface area (Å²) in [5.74, 6) is 0.866. The smallest absolute Gasteiger partial charge is 0.246 e. The highest BCUT2D eigenvalue weighted by Crippen LogP contribution is 2.26. The summed E-state index contributed by atoms with van der Waals surface area (Å²) in [6.45, 7) is 3.83. The van der Waals surface area contributed by atoms with Crippen LogP contribution < -0.4 is 5.73 Å². The van der Waals surface area contributed by atoms with Gasteiger partial charge in [-0.05, 0) is 41.4 Å². The van der Waals surface area contributed by atoms with Gasteiger partial charge in [-0.1, -0.05) is 12.1 Å². The van der Waals surface area contributed by atoms with Gasteiger partial charge in [0, 0.05) is 10.7 Å². The highest BCUT2D eigenvalue weighted by Gasteiger charge is 2.27. The number of nitrogens with zero attached hydrogens (tertiary/aromatic N) is 3. The van der Waals surface area contributed by atoms with Crippen LogP contribution in [0.15, 0.2) is 27.3 Å². The van der Waals surface area contributed by atoms with E-state index in [1.54, 1.807) is 6.20 Å². The molecule has 0 aromatic carbocycles. The normalized spacial score (nSPS) is 14.6. The van der Waals surface area contributed by atoms with Gasteiger partial charge in [-0.15, -0.1) is 0 Å². The van der Waals surface area contributed by atoms with Crippen molar-refractivity contribution >= 4 is 15.9 Å². The Morgan fingerprint density at radius 1 is 1.53 bits per heavy atom. The molecule has 0 spiro atoms. The standard InChI is InChI=1S/C11H13BrN4O/c1-3-11(2,13)10-15-9(16-17-10)8-7(12)5-4-6-14-8/h4-6H,3,13H2,1-2H3. The number of pyridine rings is 1. The molecule has 1 unspecified atom stereocenters. The lowest BCUT2D eigenvalue weighted by Crippen LogP contribution is -2.32. The Bertz CT molecular complexity index is 524. The summed E-state index contributed by atoms with van der Waals surface area (Å²) in [6.07, 6.45) is 2.40. The predicted octanol–water partition coefficient (Wildman–Crippen LogP) is 2.48. The Balaban J connectivity index is 2.40. The van der Waals surface area contributed by atoms with E-state index in [0.29, 0.717) is 17.4 Å². The molecule has 0 saturated carbocycles. The first-order chi connectivity index (χ1) is 8.04. The molecule has 2 aromatic rings. The van der Waals surface area contributed by atoms with E-state index < -0.39 is 5.54 Å². The number of rotatable bonds is 3. The lowest BCUT2D eigenvalue weighted by atomic mass is 10.0. The zero-order chi connectivity index (χ0) is 12.5. The lowest BCUT2D eigenvalue weighted by Gasteiger charge is -2.16. The summed E-state index contributed by atoms with van der Waals surface area (Å²) in [5.41, 5.74) is 6.08. The van der Waals surface area contributed by atoms with Crippen molar-refractivity contribution in [1.82, 2.24) is 15.1 Å². The molecule has 0 aliphatic carbocycles. The van der Waals surface area contributed by atoms with E-state index in [1.807, 2.05) is 26.0 Å². The van der Waals surface area contributed by atoms with E-state index in [4.69, 9.17) is 10.3 Å². The van der Waals surface area contributed by atoms with E-state index in [-0.39, 0.29) is 0 Å². The molecule has 90 valence electrons. The fourth-order valence-electron chi connectivity index (χ4n) is 1.25. The van der Waals surface area contributed by atoms with Crippen LogP contribution in [-0.2, 0) is 5.54 Å². The zero-order valence-electron chi connectivity index (χ0n) is 9.64. The van der Waals surface area contributed by atoms with Crippen molar-refractivity contribution in [2.45, 2.75) is 25.8 Å². The molecule has 2 heterocycles. The van der Waals surface area contributed by atoms with Gasteiger partial charge in [-0.3, -0.25) is 4.98 Å². The summed E-state index contributed by atoms with van der Waals surface area (Å²) >= 11 is 3.39. The molecule has 0 bridgehead atoms. The fourth-order valence-corrected chi connectivity index (χ4v) is 1.69. The monoisotopic (exact) mass is 296 g/mol. The van der Waals surface area contributed by atoms with Crippen molar-refractivity contribution in [3.05, 3.63) is 28.7 Å². The molecule has 0 fully saturated rings. The van der Waals surface area contributed by atoms with Crippen molar-refractivity contribution in [2.75, 3.05) is 0 Å². The number of aromatic nitrogens is 3. The second-order valence-electron chi connectivity index (χ2n) is 4.03. The SMILES string of the molecule is CCC(C)(N)c1nc(-c2ncccc2Br)no1. The van der Waals surface area contributed by atoms with Gasteiger partial charge in [0.05, 0.1) is 5.54 Å². The topological polar surface area (TPSA) is 77.8 Å². The van der Waals surface area contributed by atoms with Gasteiger partial charge in [0.15, 0.2) is 0 Å². The third kappa shape index (κ3) is 2.37. The van der Waals surface area contributed by atoms with Crippen LogP contribution in [0.3, 0.4) is 0 Å². The summed E-state index contributed by atoms with van der Waals surface area (Å²) in [6, 6.07) is 3.70. The van der Waals surface area contributed by atoms with Gasteiger partial charge >= 0.3 is 0 Å². The maximum absolute atomic E-state index is 6.04. The minimum Gasteiger partial charge on any atom is -0.337 e. The van der Waals surface area contributed by atoms with Crippen LogP contribution >= 0.6 is 15.9 Å². The van der Waals surface area contributed by atoms with Crippen molar-refractivity contribution in [3.63, 3.8) is 0 Å². The zero-order valence-corrected chi connectivity index (χ0v) is 11.2. The molecular formula is C11H13BrN4O. The number of hydrogen-bond donors (Lipinski definition) is 1. The van der Waals surface area contributed by atoms with Crippen LogP contribution in [0.25, 0.3) is 11.5 Å². The van der Waals surface area contributed by atoms with Gasteiger partial charge in [-0.25, -0.2) is 0 Å². The Morgan fingerprint density at radius 2 is 2.29 bits per heavy atom. The Hall–Kier alpha value is -1.27. The lowest BCUT2D eigenvalue weighted by molar-refractivity contribution is 0.291. The first-order valence-corrected chi connectivity index (χ1v) is 6.08. The van der Waals surface area contributed by atoms with Crippen molar-refractivity contribution in [1.29, 1.82) is 0 Å². The minimum absolute atomic E-state index is 0.424. The Kier molecular flexibility index (Phi) is 3.26. The molecule has 2 N–H and O–H groups in total. The fraction of sp³-hybridized carbons (Fsp3) is 0.364. The second kappa shape index (κ2) is 4.54. The third-order valence-corrected chi connectivity index (χ3v) is 3.26. The average molecular weight is 297 g/mol. The summed E-state index contributed by atoms with van der Waals surface area (Å²) < 4.78 is 6.00. The van der Waals surface area contributed by atoms with Crippen LogP contribution in [0, 0.1) is 0 Å². The van der Waals surface area contributed by atoms with Crippen LogP contribution in [0.1, 0.15) is 26.2 Å². The number of nitrogens with two attached hydrogens (primary N) is 1. The van der Waals surface area contributed by atoms with E-state index in [0.717, 1.165) is 10.9 Å². The third-order valence-electron chi connectivity index (χ3n) is 2.62. The molecule has 2 rings (SSSR count). The van der Waals surface area contributed by atoms with E-state index >= 15 is 0 Å². The predicted molar refractivity (Wildman–Crippen MR) is 67.1 cm³/mol. The highest BCUT2D eigenvalue weighted by molar-refractivity contribution is 9.10. The van der Waals surface area contributed by atoms with Gasteiger partial charge in [0.2, 0.25) is 11.7 Å². The molecule has 0 radical (unpaired) electrons. The minimum atomic E-state index is -0.605.